The van der Waals surface area contributed by atoms with Crippen molar-refractivity contribution in [2.75, 3.05) is 13.2 Å². The third-order valence-corrected chi connectivity index (χ3v) is 11.7. The molecule has 1 amide bonds. The van der Waals surface area contributed by atoms with Crippen molar-refractivity contribution in [3.8, 4) is 0 Å². The van der Waals surface area contributed by atoms with Crippen LogP contribution in [-0.2, 0) is 14.3 Å². The molecule has 9 unspecified atom stereocenters. The molecule has 0 aromatic heterocycles. The Morgan fingerprint density at radius 3 is 1.55 bits per heavy atom. The Labute approximate surface area is 353 Å². The Balaban J connectivity index is 2.39. The van der Waals surface area contributed by atoms with Gasteiger partial charge in [0.2, 0.25) is 5.91 Å². The summed E-state index contributed by atoms with van der Waals surface area (Å²) in [5.74, 6) is 0.0475. The molecule has 11 nitrogen and oxygen atoms in total. The first kappa shape index (κ1) is 54.9. The van der Waals surface area contributed by atoms with Crippen LogP contribution in [0, 0.1) is 5.92 Å². The maximum Gasteiger partial charge on any atom is 0.249 e. The molecule has 1 saturated heterocycles. The molecule has 1 aliphatic heterocycles. The molecule has 1 fully saturated rings. The van der Waals surface area contributed by atoms with Crippen molar-refractivity contribution in [2.45, 2.75) is 262 Å². The molecule has 1 aliphatic rings. The normalized spacial score (nSPS) is 22.1. The standard InChI is InChI=1S/C47H91NO10/c1-4-5-6-7-8-9-10-11-12-13-14-15-16-17-18-19-20-25-28-31-34-40(51)46(56)48-38(36-57-47-45(55)44(54)43(53)41(35-49)58-47)42(52)39(50)33-30-27-24-22-21-23-26-29-32-37(2)3/h11-12,37-45,47,49-55H,4-10,13-36H2,1-3H3,(H,48,56). The fourth-order valence-corrected chi connectivity index (χ4v) is 7.74. The van der Waals surface area contributed by atoms with Crippen LogP contribution < -0.4 is 5.32 Å². The fraction of sp³-hybridized carbons (Fsp3) is 0.936. The lowest BCUT2D eigenvalue weighted by molar-refractivity contribution is -0.303. The van der Waals surface area contributed by atoms with Crippen LogP contribution in [0.15, 0.2) is 12.2 Å². The number of hydrogen-bond donors (Lipinski definition) is 8. The van der Waals surface area contributed by atoms with Crippen LogP contribution in [0.1, 0.15) is 207 Å². The van der Waals surface area contributed by atoms with Gasteiger partial charge in [-0.15, -0.1) is 0 Å². The van der Waals surface area contributed by atoms with Crippen molar-refractivity contribution in [1.29, 1.82) is 0 Å². The fourth-order valence-electron chi connectivity index (χ4n) is 7.74. The van der Waals surface area contributed by atoms with Crippen molar-refractivity contribution in [3.05, 3.63) is 12.2 Å². The van der Waals surface area contributed by atoms with E-state index in [1.807, 2.05) is 0 Å². The molecule has 58 heavy (non-hydrogen) atoms. The summed E-state index contributed by atoms with van der Waals surface area (Å²) in [6.07, 6.45) is 25.6. The number of aliphatic hydroxyl groups is 7. The molecule has 0 aromatic carbocycles. The summed E-state index contributed by atoms with van der Waals surface area (Å²) < 4.78 is 11.1. The molecule has 11 heteroatoms. The molecule has 0 spiro atoms. The molecule has 0 bridgehead atoms. The monoisotopic (exact) mass is 830 g/mol. The molecule has 0 saturated carbocycles. The number of nitrogens with one attached hydrogen (secondary N) is 1. The van der Waals surface area contributed by atoms with Gasteiger partial charge in [0, 0.05) is 0 Å². The van der Waals surface area contributed by atoms with E-state index in [1.165, 1.54) is 122 Å². The number of ether oxygens (including phenoxy) is 2. The van der Waals surface area contributed by atoms with Crippen molar-refractivity contribution >= 4 is 5.91 Å². The third kappa shape index (κ3) is 26.9. The summed E-state index contributed by atoms with van der Waals surface area (Å²) in [5.41, 5.74) is 0. The number of carbonyl (C=O) groups excluding carboxylic acids is 1. The Kier molecular flexibility index (Phi) is 34.5. The number of carbonyl (C=O) groups is 1. The minimum atomic E-state index is -1.66. The SMILES string of the molecule is CCCCCCCCC=CCCCCCCCCCCCCC(O)C(=O)NC(COC1OC(CO)C(O)C(O)C1O)C(O)C(O)CCCCCCCCCCC(C)C. The zero-order valence-corrected chi connectivity index (χ0v) is 37.2. The van der Waals surface area contributed by atoms with Gasteiger partial charge in [0.15, 0.2) is 6.29 Å². The second-order valence-corrected chi connectivity index (χ2v) is 17.7. The summed E-state index contributed by atoms with van der Waals surface area (Å²) in [4.78, 5) is 13.1. The van der Waals surface area contributed by atoms with Crippen molar-refractivity contribution in [2.24, 2.45) is 5.92 Å². The van der Waals surface area contributed by atoms with Gasteiger partial charge in [-0.25, -0.2) is 0 Å². The van der Waals surface area contributed by atoms with Crippen molar-refractivity contribution in [1.82, 2.24) is 5.32 Å². The minimum absolute atomic E-state index is 0.260. The molecule has 8 N–H and O–H groups in total. The van der Waals surface area contributed by atoms with E-state index in [0.717, 1.165) is 44.4 Å². The van der Waals surface area contributed by atoms with E-state index < -0.39 is 74.2 Å². The van der Waals surface area contributed by atoms with E-state index in [4.69, 9.17) is 9.47 Å². The first-order valence-corrected chi connectivity index (χ1v) is 23.9. The number of hydrogen-bond acceptors (Lipinski definition) is 10. The van der Waals surface area contributed by atoms with Crippen molar-refractivity contribution < 1.29 is 50.0 Å². The molecule has 9 atom stereocenters. The smallest absolute Gasteiger partial charge is 0.249 e. The van der Waals surface area contributed by atoms with Gasteiger partial charge >= 0.3 is 0 Å². The van der Waals surface area contributed by atoms with E-state index in [1.54, 1.807) is 0 Å². The number of allylic oxidation sites excluding steroid dienone is 2. The van der Waals surface area contributed by atoms with Crippen LogP contribution in [0.25, 0.3) is 0 Å². The summed E-state index contributed by atoms with van der Waals surface area (Å²) in [5, 5.41) is 75.6. The highest BCUT2D eigenvalue weighted by Crippen LogP contribution is 2.23. The molecule has 1 heterocycles. The van der Waals surface area contributed by atoms with E-state index in [2.05, 4.69) is 38.2 Å². The molecular weight excluding hydrogens is 739 g/mol. The minimum Gasteiger partial charge on any atom is -0.394 e. The van der Waals surface area contributed by atoms with E-state index in [-0.39, 0.29) is 6.42 Å². The van der Waals surface area contributed by atoms with Gasteiger partial charge < -0.3 is 50.5 Å². The predicted molar refractivity (Wildman–Crippen MR) is 233 cm³/mol. The zero-order valence-electron chi connectivity index (χ0n) is 37.2. The van der Waals surface area contributed by atoms with Crippen molar-refractivity contribution in [3.63, 3.8) is 0 Å². The van der Waals surface area contributed by atoms with E-state index >= 15 is 0 Å². The largest absolute Gasteiger partial charge is 0.394 e. The summed E-state index contributed by atoms with van der Waals surface area (Å²) >= 11 is 0. The van der Waals surface area contributed by atoms with Gasteiger partial charge in [0.05, 0.1) is 25.4 Å². The van der Waals surface area contributed by atoms with Gasteiger partial charge in [-0.1, -0.05) is 181 Å². The van der Waals surface area contributed by atoms with Crippen LogP contribution in [0.3, 0.4) is 0 Å². The summed E-state index contributed by atoms with van der Waals surface area (Å²) in [6.45, 7) is 5.71. The quantitative estimate of drug-likeness (QED) is 0.0223. The van der Waals surface area contributed by atoms with Crippen LogP contribution in [0.4, 0.5) is 0 Å². The maximum absolute atomic E-state index is 13.1. The number of rotatable bonds is 39. The first-order valence-electron chi connectivity index (χ1n) is 23.9. The Bertz CT molecular complexity index is 968. The highest BCUT2D eigenvalue weighted by Gasteiger charge is 2.44. The lowest BCUT2D eigenvalue weighted by Gasteiger charge is -2.40. The predicted octanol–water partition coefficient (Wildman–Crippen LogP) is 7.92. The lowest BCUT2D eigenvalue weighted by Crippen LogP contribution is -2.60. The number of aliphatic hydroxyl groups excluding tert-OH is 7. The third-order valence-electron chi connectivity index (χ3n) is 11.7. The number of amides is 1. The highest BCUT2D eigenvalue weighted by molar-refractivity contribution is 5.80. The molecule has 344 valence electrons. The second kappa shape index (κ2) is 36.5. The summed E-state index contributed by atoms with van der Waals surface area (Å²) in [6, 6.07) is -1.17. The first-order chi connectivity index (χ1) is 28.0. The molecule has 0 radical (unpaired) electrons. The molecular formula is C47H91NO10. The molecule has 1 rings (SSSR count). The van der Waals surface area contributed by atoms with Crippen LogP contribution >= 0.6 is 0 Å². The topological polar surface area (TPSA) is 189 Å². The summed E-state index contributed by atoms with van der Waals surface area (Å²) in [7, 11) is 0. The van der Waals surface area contributed by atoms with Gasteiger partial charge in [-0.3, -0.25) is 4.79 Å². The number of unbranched alkanes of at least 4 members (excludes halogenated alkanes) is 23. The average Bonchev–Trinajstić information content (AvgIpc) is 3.21. The van der Waals surface area contributed by atoms with Gasteiger partial charge in [0.1, 0.15) is 36.6 Å². The van der Waals surface area contributed by atoms with Gasteiger partial charge in [-0.2, -0.15) is 0 Å². The van der Waals surface area contributed by atoms with E-state index in [9.17, 15) is 40.5 Å². The Morgan fingerprint density at radius 2 is 1.07 bits per heavy atom. The highest BCUT2D eigenvalue weighted by atomic mass is 16.7. The molecule has 0 aliphatic carbocycles. The maximum atomic E-state index is 13.1. The van der Waals surface area contributed by atoms with Crippen LogP contribution in [-0.4, -0.2) is 110 Å². The average molecular weight is 830 g/mol. The van der Waals surface area contributed by atoms with E-state index in [0.29, 0.717) is 19.3 Å². The van der Waals surface area contributed by atoms with Crippen LogP contribution in [0.2, 0.25) is 0 Å². The Hall–Kier alpha value is -1.15. The molecule has 0 aromatic rings. The zero-order chi connectivity index (χ0) is 42.8. The second-order valence-electron chi connectivity index (χ2n) is 17.7. The van der Waals surface area contributed by atoms with Gasteiger partial charge in [-0.05, 0) is 44.4 Å². The Morgan fingerprint density at radius 1 is 0.621 bits per heavy atom. The van der Waals surface area contributed by atoms with Crippen LogP contribution in [0.5, 0.6) is 0 Å². The van der Waals surface area contributed by atoms with Gasteiger partial charge in [0.25, 0.3) is 0 Å². The lowest BCUT2D eigenvalue weighted by atomic mass is 9.98.